The lowest BCUT2D eigenvalue weighted by molar-refractivity contribution is 0.242. The van der Waals surface area contributed by atoms with E-state index in [-0.39, 0.29) is 6.04 Å². The van der Waals surface area contributed by atoms with Gasteiger partial charge in [0.25, 0.3) is 0 Å². The number of anilines is 1. The first-order valence-electron chi connectivity index (χ1n) is 7.69. The molecular formula is C16H20N6O. The van der Waals surface area contributed by atoms with Gasteiger partial charge in [0.1, 0.15) is 5.82 Å². The van der Waals surface area contributed by atoms with Gasteiger partial charge < -0.3 is 16.0 Å². The molecule has 1 aliphatic rings. The molecular weight excluding hydrogens is 292 g/mol. The number of urea groups is 1. The smallest absolute Gasteiger partial charge is 0.312 e. The molecule has 0 aromatic carbocycles. The van der Waals surface area contributed by atoms with Crippen molar-refractivity contribution in [2.75, 3.05) is 18.0 Å². The maximum Gasteiger partial charge on any atom is 0.312 e. The molecule has 3 rings (SSSR count). The summed E-state index contributed by atoms with van der Waals surface area (Å²) in [5, 5.41) is 2.77. The number of pyridine rings is 1. The molecule has 0 radical (unpaired) electrons. The molecule has 1 fully saturated rings. The van der Waals surface area contributed by atoms with Crippen LogP contribution in [0.25, 0.3) is 11.4 Å². The molecule has 2 aromatic heterocycles. The summed E-state index contributed by atoms with van der Waals surface area (Å²) >= 11 is 0. The first-order chi connectivity index (χ1) is 11.1. The van der Waals surface area contributed by atoms with E-state index >= 15 is 0 Å². The molecule has 1 saturated heterocycles. The summed E-state index contributed by atoms with van der Waals surface area (Å²) in [5.74, 6) is 1.63. The molecule has 120 valence electrons. The van der Waals surface area contributed by atoms with Crippen LogP contribution in [0.15, 0.2) is 30.6 Å². The van der Waals surface area contributed by atoms with Crippen LogP contribution in [-0.2, 0) is 0 Å². The van der Waals surface area contributed by atoms with Gasteiger partial charge in [-0.25, -0.2) is 14.8 Å². The molecule has 2 amide bonds. The Balaban J connectivity index is 1.76. The summed E-state index contributed by atoms with van der Waals surface area (Å²) < 4.78 is 0. The zero-order chi connectivity index (χ0) is 16.2. The molecule has 7 nitrogen and oxygen atoms in total. The summed E-state index contributed by atoms with van der Waals surface area (Å²) in [6.45, 7) is 3.63. The topological polar surface area (TPSA) is 97.0 Å². The van der Waals surface area contributed by atoms with Crippen LogP contribution in [0, 0.1) is 6.92 Å². The Morgan fingerprint density at radius 2 is 1.96 bits per heavy atom. The molecule has 3 N–H and O–H groups in total. The van der Waals surface area contributed by atoms with Gasteiger partial charge in [0.05, 0.1) is 0 Å². The van der Waals surface area contributed by atoms with Crippen molar-refractivity contribution in [2.45, 2.75) is 25.8 Å². The third kappa shape index (κ3) is 3.74. The Morgan fingerprint density at radius 1 is 1.26 bits per heavy atom. The lowest BCUT2D eigenvalue weighted by atomic mass is 10.1. The van der Waals surface area contributed by atoms with Crippen molar-refractivity contribution in [1.82, 2.24) is 20.3 Å². The first-order valence-corrected chi connectivity index (χ1v) is 7.69. The minimum atomic E-state index is -0.457. The van der Waals surface area contributed by atoms with E-state index in [0.29, 0.717) is 5.82 Å². The zero-order valence-corrected chi connectivity index (χ0v) is 13.1. The van der Waals surface area contributed by atoms with E-state index in [4.69, 9.17) is 5.73 Å². The lowest BCUT2D eigenvalue weighted by Gasteiger charge is -2.33. The molecule has 0 unspecified atom stereocenters. The molecule has 7 heteroatoms. The van der Waals surface area contributed by atoms with E-state index in [1.807, 2.05) is 25.1 Å². The second-order valence-corrected chi connectivity index (χ2v) is 5.70. The van der Waals surface area contributed by atoms with Crippen molar-refractivity contribution in [3.63, 3.8) is 0 Å². The number of rotatable bonds is 3. The Morgan fingerprint density at radius 3 is 2.61 bits per heavy atom. The summed E-state index contributed by atoms with van der Waals surface area (Å²) in [7, 11) is 0. The monoisotopic (exact) mass is 312 g/mol. The van der Waals surface area contributed by atoms with Crippen molar-refractivity contribution >= 4 is 11.8 Å². The van der Waals surface area contributed by atoms with Gasteiger partial charge in [0.15, 0.2) is 5.82 Å². The molecule has 0 spiro atoms. The van der Waals surface area contributed by atoms with Gasteiger partial charge in [0, 0.05) is 48.8 Å². The Bertz CT molecular complexity index is 682. The number of piperidine rings is 1. The van der Waals surface area contributed by atoms with Gasteiger partial charge in [-0.3, -0.25) is 4.98 Å². The Hall–Kier alpha value is -2.70. The quantitative estimate of drug-likeness (QED) is 0.895. The molecule has 0 saturated carbocycles. The van der Waals surface area contributed by atoms with Gasteiger partial charge in [0.2, 0.25) is 0 Å². The summed E-state index contributed by atoms with van der Waals surface area (Å²) in [4.78, 5) is 26.4. The average molecular weight is 312 g/mol. The molecule has 0 atom stereocenters. The van der Waals surface area contributed by atoms with Gasteiger partial charge in [-0.05, 0) is 31.9 Å². The third-order valence-electron chi connectivity index (χ3n) is 3.94. The minimum absolute atomic E-state index is 0.145. The fraction of sp³-hybridized carbons (Fsp3) is 0.375. The predicted octanol–water partition coefficient (Wildman–Crippen LogP) is 1.48. The highest BCUT2D eigenvalue weighted by molar-refractivity contribution is 5.72. The van der Waals surface area contributed by atoms with E-state index in [2.05, 4.69) is 25.2 Å². The standard InChI is InChI=1S/C16H20N6O/c1-11-10-14(21-15(19-11)12-2-6-18-7-3-12)22-8-4-13(5-9-22)20-16(17)23/h2-3,6-7,10,13H,4-5,8-9H2,1H3,(H3,17,20,23). The van der Waals surface area contributed by atoms with Crippen LogP contribution in [0.5, 0.6) is 0 Å². The Kier molecular flexibility index (Phi) is 4.36. The predicted molar refractivity (Wildman–Crippen MR) is 88.0 cm³/mol. The third-order valence-corrected chi connectivity index (χ3v) is 3.94. The highest BCUT2D eigenvalue weighted by Gasteiger charge is 2.21. The van der Waals surface area contributed by atoms with Crippen LogP contribution in [0.4, 0.5) is 10.6 Å². The van der Waals surface area contributed by atoms with Crippen LogP contribution in [0.2, 0.25) is 0 Å². The van der Waals surface area contributed by atoms with Crippen LogP contribution in [-0.4, -0.2) is 40.1 Å². The minimum Gasteiger partial charge on any atom is -0.356 e. The maximum atomic E-state index is 10.9. The SMILES string of the molecule is Cc1cc(N2CCC(NC(N)=O)CC2)nc(-c2ccncc2)n1. The van der Waals surface area contributed by atoms with Crippen molar-refractivity contribution in [1.29, 1.82) is 0 Å². The Labute approximate surface area is 135 Å². The van der Waals surface area contributed by atoms with E-state index < -0.39 is 6.03 Å². The van der Waals surface area contributed by atoms with Crippen molar-refractivity contribution < 1.29 is 4.79 Å². The largest absolute Gasteiger partial charge is 0.356 e. The second kappa shape index (κ2) is 6.60. The number of aromatic nitrogens is 3. The molecule has 0 bridgehead atoms. The van der Waals surface area contributed by atoms with Crippen LogP contribution >= 0.6 is 0 Å². The average Bonchev–Trinajstić information content (AvgIpc) is 2.55. The zero-order valence-electron chi connectivity index (χ0n) is 13.1. The number of primary amides is 1. The molecule has 0 aliphatic carbocycles. The van der Waals surface area contributed by atoms with Gasteiger partial charge >= 0.3 is 6.03 Å². The van der Waals surface area contributed by atoms with Crippen LogP contribution < -0.4 is 16.0 Å². The number of carbonyl (C=O) groups is 1. The van der Waals surface area contributed by atoms with Crippen molar-refractivity contribution in [3.05, 3.63) is 36.3 Å². The van der Waals surface area contributed by atoms with E-state index in [0.717, 1.165) is 43.0 Å². The number of aryl methyl sites for hydroxylation is 1. The molecule has 3 heterocycles. The fourth-order valence-corrected chi connectivity index (χ4v) is 2.80. The number of carbonyl (C=O) groups excluding carboxylic acids is 1. The van der Waals surface area contributed by atoms with Gasteiger partial charge in [-0.2, -0.15) is 0 Å². The van der Waals surface area contributed by atoms with Gasteiger partial charge in [-0.1, -0.05) is 0 Å². The highest BCUT2D eigenvalue weighted by atomic mass is 16.2. The molecule has 23 heavy (non-hydrogen) atoms. The normalized spacial score (nSPS) is 15.4. The second-order valence-electron chi connectivity index (χ2n) is 5.70. The number of nitrogens with zero attached hydrogens (tertiary/aromatic N) is 4. The number of hydrogen-bond acceptors (Lipinski definition) is 5. The van der Waals surface area contributed by atoms with E-state index in [1.165, 1.54) is 0 Å². The number of hydrogen-bond donors (Lipinski definition) is 2. The van der Waals surface area contributed by atoms with Crippen LogP contribution in [0.1, 0.15) is 18.5 Å². The van der Waals surface area contributed by atoms with Crippen molar-refractivity contribution in [3.8, 4) is 11.4 Å². The number of amides is 2. The summed E-state index contributed by atoms with van der Waals surface area (Å²) in [5.41, 5.74) is 7.07. The number of nitrogens with one attached hydrogen (secondary N) is 1. The van der Waals surface area contributed by atoms with Crippen LogP contribution in [0.3, 0.4) is 0 Å². The van der Waals surface area contributed by atoms with E-state index in [9.17, 15) is 4.79 Å². The lowest BCUT2D eigenvalue weighted by Crippen LogP contribution is -2.46. The molecule has 1 aliphatic heterocycles. The van der Waals surface area contributed by atoms with Crippen molar-refractivity contribution in [2.24, 2.45) is 5.73 Å². The first kappa shape index (κ1) is 15.2. The van der Waals surface area contributed by atoms with E-state index in [1.54, 1.807) is 12.4 Å². The summed E-state index contributed by atoms with van der Waals surface area (Å²) in [6.07, 6.45) is 5.19. The highest BCUT2D eigenvalue weighted by Crippen LogP contribution is 2.22. The fourth-order valence-electron chi connectivity index (χ4n) is 2.80. The molecule has 2 aromatic rings. The maximum absolute atomic E-state index is 10.9. The number of nitrogens with two attached hydrogens (primary N) is 1. The summed E-state index contributed by atoms with van der Waals surface area (Å²) in [6, 6.07) is 5.49. The van der Waals surface area contributed by atoms with Gasteiger partial charge in [-0.15, -0.1) is 0 Å².